The molecule has 13 atom stereocenters. The van der Waals surface area contributed by atoms with E-state index < -0.39 is 34.7 Å². The van der Waals surface area contributed by atoms with E-state index in [1.165, 1.54) is 69.8 Å². The molecule has 9 aliphatic carbocycles. The smallest absolute Gasteiger partial charge is 0.159 e. The molecule has 4 N–H and O–H groups in total. The minimum absolute atomic E-state index is 0.0144. The number of benzene rings is 1. The van der Waals surface area contributed by atoms with Crippen LogP contribution < -0.4 is 0 Å². The summed E-state index contributed by atoms with van der Waals surface area (Å²) in [7, 11) is 0. The second-order valence-electron chi connectivity index (χ2n) is 21.9. The first kappa shape index (κ1) is 37.2. The predicted octanol–water partition coefficient (Wildman–Crippen LogP) is 9.22. The lowest BCUT2D eigenvalue weighted by atomic mass is 9.44. The molecule has 0 amide bonds. The van der Waals surface area contributed by atoms with Crippen molar-refractivity contribution in [3.05, 3.63) is 69.8 Å². The predicted molar refractivity (Wildman–Crippen MR) is 216 cm³/mol. The summed E-state index contributed by atoms with van der Waals surface area (Å²) >= 11 is 0. The number of aliphatic hydroxyl groups excluding tert-OH is 3. The lowest BCUT2D eigenvalue weighted by molar-refractivity contribution is -0.156. The number of fused-ring (bicyclic) bond motifs is 8. The van der Waals surface area contributed by atoms with Crippen molar-refractivity contribution in [2.24, 2.45) is 63.1 Å². The molecule has 0 aliphatic heterocycles. The van der Waals surface area contributed by atoms with Crippen molar-refractivity contribution >= 4 is 5.78 Å². The summed E-state index contributed by atoms with van der Waals surface area (Å²) in [5, 5.41) is 48.0. The molecule has 1 aromatic rings. The Kier molecular flexibility index (Phi) is 8.61. The highest BCUT2D eigenvalue weighted by molar-refractivity contribution is 5.95. The van der Waals surface area contributed by atoms with E-state index in [1.807, 2.05) is 0 Å². The first-order chi connectivity index (χ1) is 26.2. The van der Waals surface area contributed by atoms with Crippen LogP contribution in [0.4, 0.5) is 0 Å². The van der Waals surface area contributed by atoms with Crippen molar-refractivity contribution in [2.75, 3.05) is 0 Å². The molecule has 0 saturated heterocycles. The monoisotopic (exact) mass is 749 g/mol. The minimum atomic E-state index is -1.11. The molecular weight excluding hydrogens is 681 g/mol. The quantitative estimate of drug-likeness (QED) is 0.230. The van der Waals surface area contributed by atoms with Gasteiger partial charge in [0.15, 0.2) is 5.78 Å². The Hall–Kier alpha value is -2.05. The van der Waals surface area contributed by atoms with Crippen LogP contribution in [0.5, 0.6) is 0 Å². The maximum Gasteiger partial charge on any atom is 0.159 e. The lowest BCUT2D eigenvalue weighted by Crippen LogP contribution is -2.61. The first-order valence-electron chi connectivity index (χ1n) is 22.8. The van der Waals surface area contributed by atoms with Crippen molar-refractivity contribution in [1.82, 2.24) is 0 Å². The van der Waals surface area contributed by atoms with Crippen LogP contribution in [0.1, 0.15) is 142 Å². The molecule has 6 saturated carbocycles. The largest absolute Gasteiger partial charge is 0.392 e. The van der Waals surface area contributed by atoms with Crippen LogP contribution in [0.25, 0.3) is 0 Å². The van der Waals surface area contributed by atoms with Crippen molar-refractivity contribution in [3.63, 3.8) is 0 Å². The van der Waals surface area contributed by atoms with Crippen molar-refractivity contribution in [1.29, 1.82) is 0 Å². The van der Waals surface area contributed by atoms with Gasteiger partial charge in [-0.2, -0.15) is 0 Å². The average Bonchev–Trinajstić information content (AvgIpc) is 3.72. The number of aliphatic hydroxyl groups is 4. The molecule has 5 heteroatoms. The SMILES string of the molecule is CC(C)(Cc1ccccc1)C1=C2CCCC3(CCCC3)C2C2=C3C(CCC2)CC(C2CCC4(O)C5=CC(=O)C6CC(O)C(O)CC6(C)C5CCC24C)C(O)C31. The normalized spacial score (nSPS) is 46.1. The molecule has 6 fully saturated rings. The van der Waals surface area contributed by atoms with Gasteiger partial charge in [0.05, 0.1) is 23.9 Å². The standard InChI is InChI=1S/C50H68O5/c1-46(2,27-29-12-6-5-7-13-29)44-32-16-11-21-49(19-8-9-20-49)43(32)31-15-10-14-30-24-33(45(54)42(44)41(30)31)34-18-23-50(55)36-25-38(51)37-26-39(52)40(53)28-47(37,3)35(36)17-22-48(34,50)4/h5-7,12-13,25,30,33-35,37,39-40,42-43,45,52-55H,8-11,14-24,26-28H2,1-4H3. The van der Waals surface area contributed by atoms with Crippen LogP contribution >= 0.6 is 0 Å². The van der Waals surface area contributed by atoms with E-state index in [-0.39, 0.29) is 40.8 Å². The number of rotatable bonds is 4. The topological polar surface area (TPSA) is 98.0 Å². The Morgan fingerprint density at radius 1 is 0.800 bits per heavy atom. The third-order valence-corrected chi connectivity index (χ3v) is 19.1. The van der Waals surface area contributed by atoms with Crippen molar-refractivity contribution < 1.29 is 25.2 Å². The molecule has 0 heterocycles. The Morgan fingerprint density at radius 3 is 2.29 bits per heavy atom. The second-order valence-corrected chi connectivity index (χ2v) is 21.9. The van der Waals surface area contributed by atoms with E-state index in [1.54, 1.807) is 28.4 Å². The molecule has 298 valence electrons. The van der Waals surface area contributed by atoms with Crippen LogP contribution in [0.2, 0.25) is 0 Å². The summed E-state index contributed by atoms with van der Waals surface area (Å²) in [4.78, 5) is 13.9. The second kappa shape index (κ2) is 12.7. The van der Waals surface area contributed by atoms with Crippen molar-refractivity contribution in [2.45, 2.75) is 167 Å². The lowest BCUT2D eigenvalue weighted by Gasteiger charge is -2.61. The molecular formula is C50H68O5. The van der Waals surface area contributed by atoms with Crippen LogP contribution in [-0.2, 0) is 11.2 Å². The van der Waals surface area contributed by atoms with Gasteiger partial charge in [-0.05, 0) is 160 Å². The van der Waals surface area contributed by atoms with Crippen LogP contribution in [-0.4, -0.2) is 50.1 Å². The zero-order valence-corrected chi connectivity index (χ0v) is 34.2. The van der Waals surface area contributed by atoms with Crippen LogP contribution in [0, 0.1) is 63.1 Å². The highest BCUT2D eigenvalue weighted by Gasteiger charge is 2.69. The first-order valence-corrected chi connectivity index (χ1v) is 22.8. The van der Waals surface area contributed by atoms with E-state index in [0.717, 1.165) is 37.7 Å². The Labute approximate surface area is 330 Å². The summed E-state index contributed by atoms with van der Waals surface area (Å²) in [6.07, 6.45) is 18.4. The number of allylic oxidation sites excluding steroid dienone is 3. The third kappa shape index (κ3) is 5.13. The highest BCUT2D eigenvalue weighted by Crippen LogP contribution is 2.72. The summed E-state index contributed by atoms with van der Waals surface area (Å²) < 4.78 is 0. The molecule has 10 rings (SSSR count). The van der Waals surface area contributed by atoms with E-state index in [0.29, 0.717) is 36.5 Å². The zero-order valence-electron chi connectivity index (χ0n) is 34.2. The molecule has 0 radical (unpaired) electrons. The van der Waals surface area contributed by atoms with Gasteiger partial charge in [0.2, 0.25) is 0 Å². The maximum atomic E-state index is 13.9. The third-order valence-electron chi connectivity index (χ3n) is 19.1. The molecule has 5 nitrogen and oxygen atoms in total. The number of carbonyl (C=O) groups excluding carboxylic acids is 1. The van der Waals surface area contributed by atoms with E-state index in [4.69, 9.17) is 0 Å². The average molecular weight is 749 g/mol. The van der Waals surface area contributed by atoms with Gasteiger partial charge in [-0.3, -0.25) is 4.79 Å². The van der Waals surface area contributed by atoms with Gasteiger partial charge in [-0.1, -0.05) is 93.2 Å². The fourth-order valence-corrected chi connectivity index (χ4v) is 16.9. The molecule has 9 aliphatic rings. The van der Waals surface area contributed by atoms with Gasteiger partial charge in [0.1, 0.15) is 0 Å². The fourth-order valence-electron chi connectivity index (χ4n) is 16.9. The molecule has 55 heavy (non-hydrogen) atoms. The summed E-state index contributed by atoms with van der Waals surface area (Å²) in [5.41, 5.74) is 7.29. The number of hydrogen-bond acceptors (Lipinski definition) is 5. The summed E-state index contributed by atoms with van der Waals surface area (Å²) in [6, 6.07) is 11.1. The minimum Gasteiger partial charge on any atom is -0.392 e. The van der Waals surface area contributed by atoms with Crippen LogP contribution in [0.15, 0.2) is 64.3 Å². The summed E-state index contributed by atoms with van der Waals surface area (Å²) in [5.74, 6) is 1.08. The number of carbonyl (C=O) groups is 1. The van der Waals surface area contributed by atoms with E-state index >= 15 is 0 Å². The zero-order chi connectivity index (χ0) is 38.3. The van der Waals surface area contributed by atoms with Gasteiger partial charge in [-0.15, -0.1) is 0 Å². The molecule has 1 spiro atoms. The highest BCUT2D eigenvalue weighted by atomic mass is 16.3. The van der Waals surface area contributed by atoms with Gasteiger partial charge in [-0.25, -0.2) is 0 Å². The Bertz CT molecular complexity index is 1830. The van der Waals surface area contributed by atoms with Gasteiger partial charge >= 0.3 is 0 Å². The van der Waals surface area contributed by atoms with Gasteiger partial charge in [0.25, 0.3) is 0 Å². The van der Waals surface area contributed by atoms with Crippen molar-refractivity contribution in [3.8, 4) is 0 Å². The van der Waals surface area contributed by atoms with E-state index in [9.17, 15) is 25.2 Å². The van der Waals surface area contributed by atoms with E-state index in [2.05, 4.69) is 58.0 Å². The molecule has 13 unspecified atom stereocenters. The molecule has 1 aromatic carbocycles. The molecule has 0 bridgehead atoms. The van der Waals surface area contributed by atoms with Gasteiger partial charge in [0, 0.05) is 23.2 Å². The van der Waals surface area contributed by atoms with Crippen LogP contribution in [0.3, 0.4) is 0 Å². The Balaban J connectivity index is 1.06. The van der Waals surface area contributed by atoms with Gasteiger partial charge < -0.3 is 20.4 Å². The number of hydrogen-bond donors (Lipinski definition) is 4. The maximum absolute atomic E-state index is 13.9. The Morgan fingerprint density at radius 2 is 1.53 bits per heavy atom. The summed E-state index contributed by atoms with van der Waals surface area (Å²) in [6.45, 7) is 9.44. The number of ketones is 1. The fraction of sp³-hybridized carbons (Fsp3) is 0.740. The molecule has 0 aromatic heterocycles.